The minimum absolute atomic E-state index is 0.0417. The first kappa shape index (κ1) is 23.6. The summed E-state index contributed by atoms with van der Waals surface area (Å²) in [5.74, 6) is -1.06. The highest BCUT2D eigenvalue weighted by Gasteiger charge is 2.38. The minimum atomic E-state index is -2.70. The van der Waals surface area contributed by atoms with Crippen LogP contribution in [0.4, 0.5) is 23.7 Å². The lowest BCUT2D eigenvalue weighted by atomic mass is 10.0. The number of amides is 3. The summed E-state index contributed by atoms with van der Waals surface area (Å²) in [7, 11) is 1.59. The van der Waals surface area contributed by atoms with Crippen LogP contribution in [0.25, 0.3) is 0 Å². The van der Waals surface area contributed by atoms with Gasteiger partial charge >= 0.3 is 6.03 Å². The summed E-state index contributed by atoms with van der Waals surface area (Å²) in [5.41, 5.74) is 1.30. The van der Waals surface area contributed by atoms with Crippen LogP contribution in [0.5, 0.6) is 0 Å². The summed E-state index contributed by atoms with van der Waals surface area (Å²) in [5, 5.41) is 26.5. The number of urea groups is 1. The number of anilines is 1. The molecule has 2 atom stereocenters. The molecule has 9 nitrogen and oxygen atoms in total. The molecule has 1 aromatic carbocycles. The predicted molar refractivity (Wildman–Crippen MR) is 114 cm³/mol. The first-order chi connectivity index (χ1) is 16.2. The predicted octanol–water partition coefficient (Wildman–Crippen LogP) is 2.52. The molecule has 0 aliphatic carbocycles. The topological polar surface area (TPSA) is 114 Å². The van der Waals surface area contributed by atoms with Gasteiger partial charge in [0.05, 0.1) is 29.9 Å². The average molecular weight is 476 g/mol. The number of rotatable bonds is 4. The summed E-state index contributed by atoms with van der Waals surface area (Å²) in [6.45, 7) is 0.577. The van der Waals surface area contributed by atoms with Crippen molar-refractivity contribution >= 4 is 17.6 Å². The number of hydrogen-bond acceptors (Lipinski definition) is 5. The maximum atomic E-state index is 13.6. The zero-order valence-corrected chi connectivity index (χ0v) is 18.3. The van der Waals surface area contributed by atoms with Crippen molar-refractivity contribution < 1.29 is 27.9 Å². The lowest BCUT2D eigenvalue weighted by Crippen LogP contribution is -2.39. The van der Waals surface area contributed by atoms with Gasteiger partial charge in [0.1, 0.15) is 17.6 Å². The normalized spacial score (nSPS) is 18.7. The highest BCUT2D eigenvalue weighted by atomic mass is 19.3. The number of benzene rings is 1. The van der Waals surface area contributed by atoms with Crippen molar-refractivity contribution in [2.45, 2.75) is 44.4 Å². The van der Waals surface area contributed by atoms with Crippen LogP contribution in [-0.2, 0) is 13.0 Å². The van der Waals surface area contributed by atoms with Crippen LogP contribution in [0, 0.1) is 17.1 Å². The second-order valence-corrected chi connectivity index (χ2v) is 8.40. The average Bonchev–Trinajstić information content (AvgIpc) is 3.11. The molecule has 0 saturated heterocycles. The van der Waals surface area contributed by atoms with E-state index < -0.39 is 36.8 Å². The molecule has 3 amide bonds. The Morgan fingerprint density at radius 3 is 2.85 bits per heavy atom. The first-order valence-electron chi connectivity index (χ1n) is 10.8. The van der Waals surface area contributed by atoms with Crippen molar-refractivity contribution in [2.24, 2.45) is 0 Å². The van der Waals surface area contributed by atoms with Gasteiger partial charge in [-0.25, -0.2) is 18.0 Å². The van der Waals surface area contributed by atoms with Crippen LogP contribution in [0.2, 0.25) is 0 Å². The molecular weight excluding hydrogens is 453 g/mol. The van der Waals surface area contributed by atoms with Crippen LogP contribution >= 0.6 is 0 Å². The Morgan fingerprint density at radius 2 is 2.15 bits per heavy atom. The molecule has 3 heterocycles. The maximum absolute atomic E-state index is 13.6. The third-order valence-electron chi connectivity index (χ3n) is 6.17. The van der Waals surface area contributed by atoms with E-state index in [0.717, 1.165) is 6.07 Å². The van der Waals surface area contributed by atoms with Gasteiger partial charge in [0.25, 0.3) is 5.91 Å². The van der Waals surface area contributed by atoms with E-state index in [-0.39, 0.29) is 48.9 Å². The van der Waals surface area contributed by atoms with Crippen LogP contribution in [0.1, 0.15) is 46.2 Å². The van der Waals surface area contributed by atoms with E-state index in [1.165, 1.54) is 26.6 Å². The number of carbonyl (C=O) groups excluding carboxylic acids is 2. The number of aliphatic hydroxyl groups is 1. The van der Waals surface area contributed by atoms with Gasteiger partial charge < -0.3 is 20.2 Å². The zero-order valence-electron chi connectivity index (χ0n) is 18.3. The number of aromatic nitrogens is 2. The standard InChI is InChI=1S/C22H23F3N6O3/c1-29-6-5-17(18(32)9-19(24)25)31-20(21(29)33)14-11-30(7-4-16(14)28-31)22(34)27-13-2-3-15(23)12(8-13)10-26/h2-3,8,17-19,32H,4-7,9,11H2,1H3,(H,27,34). The summed E-state index contributed by atoms with van der Waals surface area (Å²) in [6.07, 6.45) is -4.23. The Bertz CT molecular complexity index is 1160. The Morgan fingerprint density at radius 1 is 1.38 bits per heavy atom. The number of nitriles is 1. The summed E-state index contributed by atoms with van der Waals surface area (Å²) in [4.78, 5) is 28.8. The van der Waals surface area contributed by atoms with E-state index in [1.807, 2.05) is 0 Å². The van der Waals surface area contributed by atoms with Gasteiger partial charge in [-0.3, -0.25) is 9.48 Å². The highest BCUT2D eigenvalue weighted by molar-refractivity contribution is 5.95. The zero-order chi connectivity index (χ0) is 24.6. The largest absolute Gasteiger partial charge is 0.391 e. The van der Waals surface area contributed by atoms with Gasteiger partial charge in [-0.1, -0.05) is 0 Å². The number of aliphatic hydroxyl groups excluding tert-OH is 1. The van der Waals surface area contributed by atoms with Gasteiger partial charge in [-0.05, 0) is 24.6 Å². The van der Waals surface area contributed by atoms with Gasteiger partial charge in [0.2, 0.25) is 6.43 Å². The molecule has 0 saturated carbocycles. The Balaban J connectivity index is 1.61. The van der Waals surface area contributed by atoms with E-state index in [4.69, 9.17) is 5.26 Å². The molecule has 0 radical (unpaired) electrons. The number of hydrogen-bond donors (Lipinski definition) is 2. The monoisotopic (exact) mass is 476 g/mol. The van der Waals surface area contributed by atoms with E-state index in [1.54, 1.807) is 13.1 Å². The lowest BCUT2D eigenvalue weighted by molar-refractivity contribution is 0.0265. The van der Waals surface area contributed by atoms with Crippen molar-refractivity contribution in [1.29, 1.82) is 5.26 Å². The molecule has 1 aromatic heterocycles. The second kappa shape index (κ2) is 9.34. The highest BCUT2D eigenvalue weighted by Crippen LogP contribution is 2.32. The van der Waals surface area contributed by atoms with Crippen molar-refractivity contribution in [1.82, 2.24) is 19.6 Å². The molecule has 0 fully saturated rings. The van der Waals surface area contributed by atoms with Crippen molar-refractivity contribution in [3.63, 3.8) is 0 Å². The second-order valence-electron chi connectivity index (χ2n) is 8.40. The Hall–Kier alpha value is -3.59. The number of fused-ring (bicyclic) bond motifs is 3. The number of alkyl halides is 2. The molecule has 0 bridgehead atoms. The number of nitrogens with zero attached hydrogens (tertiary/aromatic N) is 5. The quantitative estimate of drug-likeness (QED) is 0.704. The van der Waals surface area contributed by atoms with Gasteiger partial charge in [0.15, 0.2) is 0 Å². The Kier molecular flexibility index (Phi) is 6.47. The van der Waals surface area contributed by atoms with Crippen molar-refractivity contribution in [2.75, 3.05) is 25.5 Å². The fourth-order valence-electron chi connectivity index (χ4n) is 4.35. The molecule has 2 aliphatic rings. The number of halogens is 3. The SMILES string of the molecule is CN1CCC(C(O)CC(F)F)n2nc3c(c2C1=O)CN(C(=O)Nc1ccc(F)c(C#N)c1)CC3. The Labute approximate surface area is 193 Å². The first-order valence-corrected chi connectivity index (χ1v) is 10.8. The lowest BCUT2D eigenvalue weighted by Gasteiger charge is -2.27. The number of carbonyl (C=O) groups is 2. The molecule has 2 aromatic rings. The van der Waals surface area contributed by atoms with Gasteiger partial charge in [-0.2, -0.15) is 10.4 Å². The summed E-state index contributed by atoms with van der Waals surface area (Å²) >= 11 is 0. The molecule has 0 spiro atoms. The van der Waals surface area contributed by atoms with Crippen molar-refractivity contribution in [3.8, 4) is 6.07 Å². The molecule has 2 unspecified atom stereocenters. The molecule has 180 valence electrons. The van der Waals surface area contributed by atoms with Crippen LogP contribution < -0.4 is 5.32 Å². The minimum Gasteiger partial charge on any atom is -0.391 e. The number of nitrogens with one attached hydrogen (secondary N) is 1. The van der Waals surface area contributed by atoms with Crippen LogP contribution in [0.15, 0.2) is 18.2 Å². The fraction of sp³-hybridized carbons (Fsp3) is 0.455. The van der Waals surface area contributed by atoms with Gasteiger partial charge in [0, 0.05) is 44.2 Å². The summed E-state index contributed by atoms with van der Waals surface area (Å²) < 4.78 is 40.8. The molecule has 4 rings (SSSR count). The maximum Gasteiger partial charge on any atom is 0.322 e. The fourth-order valence-corrected chi connectivity index (χ4v) is 4.35. The van der Waals surface area contributed by atoms with Crippen molar-refractivity contribution in [3.05, 3.63) is 46.5 Å². The van der Waals surface area contributed by atoms with E-state index in [9.17, 15) is 27.9 Å². The van der Waals surface area contributed by atoms with E-state index in [2.05, 4.69) is 10.4 Å². The smallest absolute Gasteiger partial charge is 0.322 e. The van der Waals surface area contributed by atoms with Crippen LogP contribution in [-0.4, -0.2) is 69.3 Å². The third-order valence-corrected chi connectivity index (χ3v) is 6.17. The molecule has 2 N–H and O–H groups in total. The molecule has 2 aliphatic heterocycles. The summed E-state index contributed by atoms with van der Waals surface area (Å²) in [6, 6.07) is 4.05. The van der Waals surface area contributed by atoms with E-state index >= 15 is 0 Å². The van der Waals surface area contributed by atoms with Gasteiger partial charge in [-0.15, -0.1) is 0 Å². The molecular formula is C22H23F3N6O3. The van der Waals surface area contributed by atoms with E-state index in [0.29, 0.717) is 17.7 Å². The molecule has 12 heteroatoms. The molecule has 34 heavy (non-hydrogen) atoms. The third kappa shape index (κ3) is 4.43. The van der Waals surface area contributed by atoms with Crippen LogP contribution in [0.3, 0.4) is 0 Å².